The van der Waals surface area contributed by atoms with Crippen LogP contribution in [0.1, 0.15) is 29.2 Å². The summed E-state index contributed by atoms with van der Waals surface area (Å²) in [6.07, 6.45) is 0. The van der Waals surface area contributed by atoms with E-state index < -0.39 is 11.5 Å². The van der Waals surface area contributed by atoms with E-state index in [-0.39, 0.29) is 5.91 Å². The van der Waals surface area contributed by atoms with Crippen LogP contribution < -0.4 is 9.47 Å². The van der Waals surface area contributed by atoms with Crippen molar-refractivity contribution >= 4 is 23.2 Å². The molecule has 1 aromatic carbocycles. The highest BCUT2D eigenvalue weighted by atomic mass is 32.1. The summed E-state index contributed by atoms with van der Waals surface area (Å²) in [5.41, 5.74) is 0.0181. The Bertz CT molecular complexity index is 844. The summed E-state index contributed by atoms with van der Waals surface area (Å²) in [6, 6.07) is 5.39. The van der Waals surface area contributed by atoms with E-state index in [0.717, 1.165) is 5.56 Å². The number of nitrogens with zero attached hydrogens (tertiary/aromatic N) is 2. The van der Waals surface area contributed by atoms with Crippen LogP contribution in [0.25, 0.3) is 10.6 Å². The number of methoxy groups -OCH3 is 2. The molecular formula is C18H22N2O5S. The molecule has 1 amide bonds. The first-order chi connectivity index (χ1) is 12.1. The van der Waals surface area contributed by atoms with Gasteiger partial charge in [0.1, 0.15) is 15.4 Å². The van der Waals surface area contributed by atoms with E-state index in [4.69, 9.17) is 9.47 Å². The number of carbonyl (C=O) groups is 2. The lowest BCUT2D eigenvalue weighted by molar-refractivity contribution is -0.147. The number of hydrogen-bond donors (Lipinski definition) is 1. The van der Waals surface area contributed by atoms with Crippen LogP contribution in [0.15, 0.2) is 18.2 Å². The Labute approximate surface area is 156 Å². The number of rotatable bonds is 6. The van der Waals surface area contributed by atoms with Crippen LogP contribution in [-0.4, -0.2) is 53.7 Å². The molecule has 0 saturated carbocycles. The highest BCUT2D eigenvalue weighted by molar-refractivity contribution is 7.17. The van der Waals surface area contributed by atoms with Crippen molar-refractivity contribution in [3.8, 4) is 22.1 Å². The van der Waals surface area contributed by atoms with Gasteiger partial charge >= 0.3 is 5.97 Å². The minimum Gasteiger partial charge on any atom is -0.493 e. The van der Waals surface area contributed by atoms with Gasteiger partial charge in [0.15, 0.2) is 11.5 Å². The Balaban J connectivity index is 2.41. The molecular weight excluding hydrogens is 356 g/mol. The van der Waals surface area contributed by atoms with Gasteiger partial charge in [0.2, 0.25) is 0 Å². The van der Waals surface area contributed by atoms with Crippen LogP contribution in [0, 0.1) is 6.92 Å². The Morgan fingerprint density at radius 3 is 2.35 bits per heavy atom. The molecule has 0 aliphatic carbocycles. The van der Waals surface area contributed by atoms with Crippen molar-refractivity contribution in [3.63, 3.8) is 0 Å². The van der Waals surface area contributed by atoms with Crippen molar-refractivity contribution in [1.82, 2.24) is 9.88 Å². The fourth-order valence-corrected chi connectivity index (χ4v) is 3.28. The van der Waals surface area contributed by atoms with E-state index in [1.807, 2.05) is 6.07 Å². The molecule has 0 unspecified atom stereocenters. The van der Waals surface area contributed by atoms with Crippen molar-refractivity contribution in [1.29, 1.82) is 0 Å². The number of thiazole rings is 1. The van der Waals surface area contributed by atoms with E-state index in [2.05, 4.69) is 4.98 Å². The molecule has 0 aliphatic heterocycles. The van der Waals surface area contributed by atoms with Crippen LogP contribution in [-0.2, 0) is 4.79 Å². The third-order valence-corrected chi connectivity index (χ3v) is 5.48. The van der Waals surface area contributed by atoms with Crippen LogP contribution in [0.2, 0.25) is 0 Å². The molecule has 0 saturated heterocycles. The second-order valence-electron chi connectivity index (χ2n) is 6.23. The van der Waals surface area contributed by atoms with E-state index in [1.54, 1.807) is 33.3 Å². The summed E-state index contributed by atoms with van der Waals surface area (Å²) in [6.45, 7) is 4.70. The van der Waals surface area contributed by atoms with Crippen molar-refractivity contribution in [2.75, 3.05) is 21.3 Å². The smallest absolute Gasteiger partial charge is 0.329 e. The minimum absolute atomic E-state index is 0.376. The number of aryl methyl sites for hydroxylation is 1. The van der Waals surface area contributed by atoms with Gasteiger partial charge in [-0.3, -0.25) is 4.79 Å². The zero-order chi connectivity index (χ0) is 19.6. The Morgan fingerprint density at radius 1 is 1.19 bits per heavy atom. The quantitative estimate of drug-likeness (QED) is 0.831. The molecule has 7 nitrogen and oxygen atoms in total. The lowest BCUT2D eigenvalue weighted by Crippen LogP contribution is -2.50. The number of carboxylic acid groups (broad SMARTS) is 1. The van der Waals surface area contributed by atoms with Crippen molar-refractivity contribution in [2.45, 2.75) is 26.3 Å². The van der Waals surface area contributed by atoms with Crippen LogP contribution in [0.3, 0.4) is 0 Å². The van der Waals surface area contributed by atoms with Gasteiger partial charge in [0.05, 0.1) is 19.9 Å². The highest BCUT2D eigenvalue weighted by Crippen LogP contribution is 2.35. The second-order valence-corrected chi connectivity index (χ2v) is 7.23. The Morgan fingerprint density at radius 2 is 1.81 bits per heavy atom. The van der Waals surface area contributed by atoms with Crippen molar-refractivity contribution in [3.05, 3.63) is 28.8 Å². The molecule has 26 heavy (non-hydrogen) atoms. The zero-order valence-corrected chi connectivity index (χ0v) is 16.4. The normalized spacial score (nSPS) is 11.2. The van der Waals surface area contributed by atoms with Gasteiger partial charge in [-0.25, -0.2) is 9.78 Å². The van der Waals surface area contributed by atoms with Gasteiger partial charge in [0.25, 0.3) is 5.91 Å². The first kappa shape index (κ1) is 19.7. The molecule has 1 heterocycles. The number of carbonyl (C=O) groups excluding carboxylic acids is 1. The highest BCUT2D eigenvalue weighted by Gasteiger charge is 2.36. The topological polar surface area (TPSA) is 89.0 Å². The Kier molecular flexibility index (Phi) is 5.56. The van der Waals surface area contributed by atoms with Crippen LogP contribution in [0.4, 0.5) is 0 Å². The number of likely N-dealkylation sites (N-methyl/N-ethyl adjacent to an activating group) is 1. The molecule has 0 spiro atoms. The molecule has 0 aliphatic rings. The number of ether oxygens (including phenoxy) is 2. The van der Waals surface area contributed by atoms with Gasteiger partial charge in [-0.2, -0.15) is 0 Å². The number of amides is 1. The van der Waals surface area contributed by atoms with Gasteiger partial charge in [-0.05, 0) is 39.0 Å². The summed E-state index contributed by atoms with van der Waals surface area (Å²) in [5, 5.41) is 9.98. The average Bonchev–Trinajstić information content (AvgIpc) is 3.01. The fraction of sp³-hybridized carbons (Fsp3) is 0.389. The monoisotopic (exact) mass is 378 g/mol. The molecule has 140 valence electrons. The number of aromatic nitrogens is 1. The Hall–Kier alpha value is -2.61. The zero-order valence-electron chi connectivity index (χ0n) is 15.6. The minimum atomic E-state index is -1.32. The molecule has 0 atom stereocenters. The predicted octanol–water partition coefficient (Wildman–Crippen LogP) is 3.07. The third kappa shape index (κ3) is 3.50. The van der Waals surface area contributed by atoms with E-state index in [1.165, 1.54) is 37.1 Å². The predicted molar refractivity (Wildman–Crippen MR) is 99.2 cm³/mol. The SMILES string of the molecule is COc1ccc(-c2nc(C)c(C(=O)N(C)C(C)(C)C(=O)O)s2)cc1OC. The van der Waals surface area contributed by atoms with Gasteiger partial charge < -0.3 is 19.5 Å². The van der Waals surface area contributed by atoms with Crippen LogP contribution in [0.5, 0.6) is 11.5 Å². The maximum atomic E-state index is 12.8. The first-order valence-corrected chi connectivity index (χ1v) is 8.66. The number of benzene rings is 1. The number of hydrogen-bond acceptors (Lipinski definition) is 6. The number of aliphatic carboxylic acids is 1. The van der Waals surface area contributed by atoms with Gasteiger partial charge in [-0.15, -0.1) is 11.3 Å². The van der Waals surface area contributed by atoms with E-state index >= 15 is 0 Å². The van der Waals surface area contributed by atoms with E-state index in [0.29, 0.717) is 27.1 Å². The van der Waals surface area contributed by atoms with E-state index in [9.17, 15) is 14.7 Å². The summed E-state index contributed by atoms with van der Waals surface area (Å²) in [7, 11) is 4.58. The summed E-state index contributed by atoms with van der Waals surface area (Å²) in [4.78, 5) is 30.3. The summed E-state index contributed by atoms with van der Waals surface area (Å²) >= 11 is 1.22. The van der Waals surface area contributed by atoms with Crippen molar-refractivity contribution < 1.29 is 24.2 Å². The molecule has 8 heteroatoms. The van der Waals surface area contributed by atoms with Gasteiger partial charge in [0, 0.05) is 12.6 Å². The maximum Gasteiger partial charge on any atom is 0.329 e. The molecule has 1 aromatic heterocycles. The molecule has 0 fully saturated rings. The average molecular weight is 378 g/mol. The first-order valence-electron chi connectivity index (χ1n) is 7.84. The summed E-state index contributed by atoms with van der Waals surface area (Å²) < 4.78 is 10.5. The molecule has 2 aromatic rings. The second kappa shape index (κ2) is 7.33. The molecule has 2 rings (SSSR count). The van der Waals surface area contributed by atoms with Gasteiger partial charge in [-0.1, -0.05) is 0 Å². The summed E-state index contributed by atoms with van der Waals surface area (Å²) in [5.74, 6) is -0.284. The lowest BCUT2D eigenvalue weighted by atomic mass is 10.0. The van der Waals surface area contributed by atoms with Crippen LogP contribution >= 0.6 is 11.3 Å². The largest absolute Gasteiger partial charge is 0.493 e. The maximum absolute atomic E-state index is 12.8. The number of carboxylic acids is 1. The molecule has 0 radical (unpaired) electrons. The third-order valence-electron chi connectivity index (χ3n) is 4.29. The fourth-order valence-electron chi connectivity index (χ4n) is 2.24. The standard InChI is InChI=1S/C18H22N2O5S/c1-10-14(16(21)20(4)18(2,3)17(22)23)26-15(19-10)11-7-8-12(24-5)13(9-11)25-6/h7-9H,1-6H3,(H,22,23). The lowest BCUT2D eigenvalue weighted by Gasteiger charge is -2.31. The molecule has 0 bridgehead atoms. The van der Waals surface area contributed by atoms with Crippen molar-refractivity contribution in [2.24, 2.45) is 0 Å². The molecule has 1 N–H and O–H groups in total.